The Kier molecular flexibility index (Phi) is 3.14. The summed E-state index contributed by atoms with van der Waals surface area (Å²) in [4.78, 5) is 4.64. The van der Waals surface area contributed by atoms with Gasteiger partial charge in [0, 0.05) is 16.5 Å². The second-order valence-electron chi connectivity index (χ2n) is 3.27. The fourth-order valence-electron chi connectivity index (χ4n) is 1.71. The maximum absolute atomic E-state index is 5.51. The quantitative estimate of drug-likeness (QED) is 0.854. The van der Waals surface area contributed by atoms with E-state index in [2.05, 4.69) is 20.8 Å². The van der Waals surface area contributed by atoms with Crippen molar-refractivity contribution in [2.45, 2.75) is 13.0 Å². The molecule has 0 radical (unpaired) electrons. The van der Waals surface area contributed by atoms with Gasteiger partial charge in [0.05, 0.1) is 20.3 Å². The second kappa shape index (κ2) is 4.38. The minimum Gasteiger partial charge on any atom is -0.493 e. The molecule has 0 saturated heterocycles. The van der Waals surface area contributed by atoms with Gasteiger partial charge >= 0.3 is 0 Å². The van der Waals surface area contributed by atoms with E-state index in [1.807, 2.05) is 6.07 Å². The molecule has 0 fully saturated rings. The van der Waals surface area contributed by atoms with Crippen LogP contribution in [-0.4, -0.2) is 13.7 Å². The maximum atomic E-state index is 5.51. The van der Waals surface area contributed by atoms with Crippen LogP contribution in [0.1, 0.15) is 11.1 Å². The Morgan fingerprint density at radius 3 is 3.07 bits per heavy atom. The molecular formula is C10H12BrNO3. The van der Waals surface area contributed by atoms with Gasteiger partial charge in [-0.15, -0.1) is 0 Å². The van der Waals surface area contributed by atoms with Gasteiger partial charge in [-0.1, -0.05) is 0 Å². The summed E-state index contributed by atoms with van der Waals surface area (Å²) in [7, 11) is 1.62. The second-order valence-corrected chi connectivity index (χ2v) is 4.06. The van der Waals surface area contributed by atoms with Gasteiger partial charge in [-0.3, -0.25) is 4.84 Å². The minimum absolute atomic E-state index is 0.351. The molecule has 0 amide bonds. The Morgan fingerprint density at radius 2 is 2.40 bits per heavy atom. The number of methoxy groups -OCH3 is 1. The van der Waals surface area contributed by atoms with Crippen LogP contribution in [0.5, 0.6) is 11.5 Å². The molecule has 4 nitrogen and oxygen atoms in total. The number of hydrogen-bond donors (Lipinski definition) is 1. The fourth-order valence-corrected chi connectivity index (χ4v) is 2.32. The molecule has 1 aromatic carbocycles. The van der Waals surface area contributed by atoms with Crippen LogP contribution < -0.4 is 15.4 Å². The molecule has 1 aromatic rings. The predicted molar refractivity (Wildman–Crippen MR) is 58.9 cm³/mol. The highest BCUT2D eigenvalue weighted by atomic mass is 79.9. The van der Waals surface area contributed by atoms with E-state index >= 15 is 0 Å². The molecule has 1 aliphatic rings. The number of benzene rings is 1. The lowest BCUT2D eigenvalue weighted by molar-refractivity contribution is 0.123. The Morgan fingerprint density at radius 1 is 1.60 bits per heavy atom. The van der Waals surface area contributed by atoms with Crippen LogP contribution in [0.25, 0.3) is 0 Å². The van der Waals surface area contributed by atoms with E-state index in [4.69, 9.17) is 15.4 Å². The lowest BCUT2D eigenvalue weighted by Crippen LogP contribution is -2.01. The summed E-state index contributed by atoms with van der Waals surface area (Å²) in [5.74, 6) is 6.63. The summed E-state index contributed by atoms with van der Waals surface area (Å²) in [5, 5.41) is 0. The van der Waals surface area contributed by atoms with Crippen molar-refractivity contribution < 1.29 is 14.3 Å². The van der Waals surface area contributed by atoms with Crippen molar-refractivity contribution in [3.63, 3.8) is 0 Å². The molecule has 0 saturated carbocycles. The highest BCUT2D eigenvalue weighted by Crippen LogP contribution is 2.42. The van der Waals surface area contributed by atoms with E-state index in [1.165, 1.54) is 0 Å². The topological polar surface area (TPSA) is 53.7 Å². The van der Waals surface area contributed by atoms with Crippen LogP contribution in [0.3, 0.4) is 0 Å². The van der Waals surface area contributed by atoms with Gasteiger partial charge in [0.2, 0.25) is 0 Å². The molecule has 1 heterocycles. The molecule has 0 spiro atoms. The summed E-state index contributed by atoms with van der Waals surface area (Å²) in [6, 6.07) is 1.88. The monoisotopic (exact) mass is 273 g/mol. The van der Waals surface area contributed by atoms with Crippen molar-refractivity contribution >= 4 is 15.9 Å². The van der Waals surface area contributed by atoms with Gasteiger partial charge in [0.1, 0.15) is 0 Å². The first kappa shape index (κ1) is 10.7. The van der Waals surface area contributed by atoms with Crippen LogP contribution in [-0.2, 0) is 17.9 Å². The van der Waals surface area contributed by atoms with E-state index < -0.39 is 0 Å². The van der Waals surface area contributed by atoms with Gasteiger partial charge in [-0.25, -0.2) is 5.90 Å². The van der Waals surface area contributed by atoms with E-state index in [-0.39, 0.29) is 0 Å². The van der Waals surface area contributed by atoms with Crippen molar-refractivity contribution in [3.05, 3.63) is 21.7 Å². The Bertz CT molecular complexity index is 381. The standard InChI is InChI=1S/C10H12BrNO3/c1-13-8-4-6(5-15-12)9(11)7-2-3-14-10(7)8/h4H,2-3,5,12H2,1H3. The fraction of sp³-hybridized carbons (Fsp3) is 0.400. The lowest BCUT2D eigenvalue weighted by atomic mass is 10.1. The van der Waals surface area contributed by atoms with E-state index in [0.29, 0.717) is 13.2 Å². The summed E-state index contributed by atoms with van der Waals surface area (Å²) in [6.45, 7) is 1.04. The molecule has 0 unspecified atom stereocenters. The SMILES string of the molecule is COc1cc(CON)c(Br)c2c1OCC2. The summed E-state index contributed by atoms with van der Waals surface area (Å²) >= 11 is 3.53. The third kappa shape index (κ3) is 1.82. The van der Waals surface area contributed by atoms with Gasteiger partial charge in [-0.2, -0.15) is 0 Å². The van der Waals surface area contributed by atoms with Crippen molar-refractivity contribution in [1.82, 2.24) is 0 Å². The molecule has 0 atom stereocenters. The first-order chi connectivity index (χ1) is 7.27. The largest absolute Gasteiger partial charge is 0.493 e. The van der Waals surface area contributed by atoms with Gasteiger partial charge < -0.3 is 9.47 Å². The van der Waals surface area contributed by atoms with E-state index in [0.717, 1.165) is 33.5 Å². The smallest absolute Gasteiger partial charge is 0.165 e. The number of rotatable bonds is 3. The molecule has 0 bridgehead atoms. The zero-order chi connectivity index (χ0) is 10.8. The zero-order valence-corrected chi connectivity index (χ0v) is 9.96. The highest BCUT2D eigenvalue weighted by molar-refractivity contribution is 9.10. The first-order valence-electron chi connectivity index (χ1n) is 4.60. The van der Waals surface area contributed by atoms with Crippen molar-refractivity contribution in [2.24, 2.45) is 5.90 Å². The van der Waals surface area contributed by atoms with Gasteiger partial charge in [-0.05, 0) is 27.6 Å². The predicted octanol–water partition coefficient (Wildman–Crippen LogP) is 1.78. The number of hydrogen-bond acceptors (Lipinski definition) is 4. The summed E-state index contributed by atoms with van der Waals surface area (Å²) in [6.07, 6.45) is 0.880. The zero-order valence-electron chi connectivity index (χ0n) is 8.38. The van der Waals surface area contributed by atoms with Crippen LogP contribution in [0.4, 0.5) is 0 Å². The average molecular weight is 274 g/mol. The number of fused-ring (bicyclic) bond motifs is 1. The minimum atomic E-state index is 0.351. The lowest BCUT2D eigenvalue weighted by Gasteiger charge is -2.11. The number of nitrogens with two attached hydrogens (primary N) is 1. The van der Waals surface area contributed by atoms with Crippen molar-refractivity contribution in [1.29, 1.82) is 0 Å². The van der Waals surface area contributed by atoms with Crippen molar-refractivity contribution in [3.8, 4) is 11.5 Å². The Balaban J connectivity index is 2.51. The van der Waals surface area contributed by atoms with Gasteiger partial charge in [0.15, 0.2) is 11.5 Å². The number of ether oxygens (including phenoxy) is 2. The average Bonchev–Trinajstić information content (AvgIpc) is 2.71. The molecule has 5 heteroatoms. The third-order valence-corrected chi connectivity index (χ3v) is 3.40. The molecule has 2 rings (SSSR count). The molecule has 0 aliphatic carbocycles. The van der Waals surface area contributed by atoms with Crippen molar-refractivity contribution in [2.75, 3.05) is 13.7 Å². The first-order valence-corrected chi connectivity index (χ1v) is 5.40. The summed E-state index contributed by atoms with van der Waals surface area (Å²) < 4.78 is 11.8. The highest BCUT2D eigenvalue weighted by Gasteiger charge is 2.22. The third-order valence-electron chi connectivity index (χ3n) is 2.41. The van der Waals surface area contributed by atoms with Crippen LogP contribution in [0, 0.1) is 0 Å². The maximum Gasteiger partial charge on any atom is 0.165 e. The van der Waals surface area contributed by atoms with Gasteiger partial charge in [0.25, 0.3) is 0 Å². The Labute approximate surface area is 96.4 Å². The Hall–Kier alpha value is -0.780. The molecule has 1 aliphatic heterocycles. The summed E-state index contributed by atoms with van der Waals surface area (Å²) in [5.41, 5.74) is 2.10. The molecule has 0 aromatic heterocycles. The normalized spacial score (nSPS) is 13.5. The molecule has 15 heavy (non-hydrogen) atoms. The molecule has 2 N–H and O–H groups in total. The molecule has 82 valence electrons. The molecular weight excluding hydrogens is 262 g/mol. The number of halogens is 1. The van der Waals surface area contributed by atoms with Crippen LogP contribution >= 0.6 is 15.9 Å². The van der Waals surface area contributed by atoms with Crippen LogP contribution in [0.2, 0.25) is 0 Å². The van der Waals surface area contributed by atoms with E-state index in [1.54, 1.807) is 7.11 Å². The van der Waals surface area contributed by atoms with E-state index in [9.17, 15) is 0 Å². The van der Waals surface area contributed by atoms with Crippen LogP contribution in [0.15, 0.2) is 10.5 Å².